The van der Waals surface area contributed by atoms with Gasteiger partial charge in [-0.15, -0.1) is 0 Å². The van der Waals surface area contributed by atoms with E-state index in [-0.39, 0.29) is 5.91 Å². The van der Waals surface area contributed by atoms with Crippen LogP contribution in [0.1, 0.15) is 32.1 Å². The highest BCUT2D eigenvalue weighted by atomic mass is 16.1. The maximum Gasteiger partial charge on any atom is 0.224 e. The molecule has 1 aliphatic carbocycles. The van der Waals surface area contributed by atoms with Crippen molar-refractivity contribution in [2.75, 3.05) is 13.1 Å². The topological polar surface area (TPSA) is 77.9 Å². The monoisotopic (exact) mass is 208 g/mol. The number of rotatable bonds is 5. The van der Waals surface area contributed by atoms with E-state index in [4.69, 9.17) is 5.53 Å². The van der Waals surface area contributed by atoms with Gasteiger partial charge in [0, 0.05) is 24.4 Å². The van der Waals surface area contributed by atoms with E-state index in [2.05, 4.69) is 21.4 Å². The summed E-state index contributed by atoms with van der Waals surface area (Å²) in [6.07, 6.45) is 7.23. The number of allylic oxidation sites excluding steroid dienone is 1. The van der Waals surface area contributed by atoms with Crippen molar-refractivity contribution in [1.29, 1.82) is 0 Å². The summed E-state index contributed by atoms with van der Waals surface area (Å²) >= 11 is 0. The van der Waals surface area contributed by atoms with E-state index in [9.17, 15) is 4.79 Å². The minimum atomic E-state index is 0.0243. The molecule has 15 heavy (non-hydrogen) atoms. The smallest absolute Gasteiger partial charge is 0.224 e. The lowest BCUT2D eigenvalue weighted by Crippen LogP contribution is -2.26. The minimum Gasteiger partial charge on any atom is -0.356 e. The number of nitrogens with one attached hydrogen (secondary N) is 1. The molecule has 0 atom stereocenters. The van der Waals surface area contributed by atoms with Crippen LogP contribution >= 0.6 is 0 Å². The number of carbonyl (C=O) groups is 1. The molecule has 0 aromatic heterocycles. The van der Waals surface area contributed by atoms with E-state index < -0.39 is 0 Å². The lowest BCUT2D eigenvalue weighted by molar-refractivity contribution is -0.120. The van der Waals surface area contributed by atoms with E-state index in [1.807, 2.05) is 0 Å². The Morgan fingerprint density at radius 1 is 1.60 bits per heavy atom. The van der Waals surface area contributed by atoms with Crippen molar-refractivity contribution >= 4 is 5.91 Å². The third kappa shape index (κ3) is 5.08. The van der Waals surface area contributed by atoms with Gasteiger partial charge in [-0.2, -0.15) is 0 Å². The predicted octanol–water partition coefficient (Wildman–Crippen LogP) is 2.30. The van der Waals surface area contributed by atoms with Crippen LogP contribution in [0.15, 0.2) is 16.8 Å². The maximum absolute atomic E-state index is 11.4. The molecule has 0 bridgehead atoms. The zero-order valence-corrected chi connectivity index (χ0v) is 8.78. The molecule has 1 amide bonds. The van der Waals surface area contributed by atoms with Crippen LogP contribution in [0, 0.1) is 0 Å². The molecular formula is C10H16N4O. The Labute approximate surface area is 89.2 Å². The summed E-state index contributed by atoms with van der Waals surface area (Å²) in [6.45, 7) is 0.747. The van der Waals surface area contributed by atoms with Gasteiger partial charge in [0.1, 0.15) is 0 Å². The molecule has 82 valence electrons. The van der Waals surface area contributed by atoms with Gasteiger partial charge in [0.15, 0.2) is 0 Å². The lowest BCUT2D eigenvalue weighted by atomic mass is 9.97. The second kappa shape index (κ2) is 6.90. The molecule has 0 aromatic rings. The van der Waals surface area contributed by atoms with E-state index in [0.717, 1.165) is 12.8 Å². The summed E-state index contributed by atoms with van der Waals surface area (Å²) < 4.78 is 0. The van der Waals surface area contributed by atoms with E-state index >= 15 is 0 Å². The van der Waals surface area contributed by atoms with Gasteiger partial charge < -0.3 is 5.32 Å². The average molecular weight is 208 g/mol. The van der Waals surface area contributed by atoms with Crippen LogP contribution < -0.4 is 5.32 Å². The molecule has 0 saturated carbocycles. The fourth-order valence-corrected chi connectivity index (χ4v) is 1.62. The molecule has 0 saturated heterocycles. The molecule has 0 fully saturated rings. The van der Waals surface area contributed by atoms with Gasteiger partial charge in [0.25, 0.3) is 0 Å². The highest BCUT2D eigenvalue weighted by molar-refractivity contribution is 5.78. The first-order valence-corrected chi connectivity index (χ1v) is 5.28. The Balaban J connectivity index is 2.17. The van der Waals surface area contributed by atoms with Crippen molar-refractivity contribution in [3.05, 3.63) is 22.1 Å². The number of hydrogen-bond donors (Lipinski definition) is 1. The standard InChI is InChI=1S/C10H16N4O/c11-14-13-7-6-12-10(15)8-9-4-2-1-3-5-9/h4H,1-3,5-8H2,(H,12,15). The van der Waals surface area contributed by atoms with Crippen LogP contribution in [0.25, 0.3) is 10.4 Å². The summed E-state index contributed by atoms with van der Waals surface area (Å²) in [7, 11) is 0. The summed E-state index contributed by atoms with van der Waals surface area (Å²) in [5, 5.41) is 6.06. The van der Waals surface area contributed by atoms with Gasteiger partial charge in [-0.1, -0.05) is 16.8 Å². The van der Waals surface area contributed by atoms with Crippen molar-refractivity contribution in [3.63, 3.8) is 0 Å². The van der Waals surface area contributed by atoms with E-state index in [1.165, 1.54) is 18.4 Å². The van der Waals surface area contributed by atoms with Crippen molar-refractivity contribution in [3.8, 4) is 0 Å². The SMILES string of the molecule is [N-]=[N+]=NCCNC(=O)CC1=CCCCC1. The summed E-state index contributed by atoms with van der Waals surface area (Å²) in [5.74, 6) is 0.0243. The van der Waals surface area contributed by atoms with Crippen LogP contribution in [-0.2, 0) is 4.79 Å². The molecule has 5 nitrogen and oxygen atoms in total. The van der Waals surface area contributed by atoms with Gasteiger partial charge in [0.2, 0.25) is 5.91 Å². The van der Waals surface area contributed by atoms with Crippen molar-refractivity contribution < 1.29 is 4.79 Å². The minimum absolute atomic E-state index is 0.0243. The predicted molar refractivity (Wildman–Crippen MR) is 58.2 cm³/mol. The first-order valence-electron chi connectivity index (χ1n) is 5.28. The molecule has 0 spiro atoms. The highest BCUT2D eigenvalue weighted by Crippen LogP contribution is 2.19. The molecule has 1 aliphatic rings. The van der Waals surface area contributed by atoms with Crippen molar-refractivity contribution in [2.45, 2.75) is 32.1 Å². The van der Waals surface area contributed by atoms with E-state index in [0.29, 0.717) is 19.5 Å². The second-order valence-electron chi connectivity index (χ2n) is 3.59. The van der Waals surface area contributed by atoms with Gasteiger partial charge in [0.05, 0.1) is 0 Å². The zero-order valence-electron chi connectivity index (χ0n) is 8.78. The highest BCUT2D eigenvalue weighted by Gasteiger charge is 2.07. The lowest BCUT2D eigenvalue weighted by Gasteiger charge is -2.12. The summed E-state index contributed by atoms with van der Waals surface area (Å²) in [5.41, 5.74) is 9.27. The summed E-state index contributed by atoms with van der Waals surface area (Å²) in [4.78, 5) is 14.0. The van der Waals surface area contributed by atoms with Crippen LogP contribution in [0.5, 0.6) is 0 Å². The third-order valence-corrected chi connectivity index (χ3v) is 2.37. The number of azide groups is 1. The van der Waals surface area contributed by atoms with Gasteiger partial charge in [-0.3, -0.25) is 4.79 Å². The van der Waals surface area contributed by atoms with Gasteiger partial charge >= 0.3 is 0 Å². The Bertz CT molecular complexity index is 292. The van der Waals surface area contributed by atoms with Crippen LogP contribution in [0.2, 0.25) is 0 Å². The molecule has 0 heterocycles. The first-order chi connectivity index (χ1) is 7.33. The number of nitrogens with zero attached hydrogens (tertiary/aromatic N) is 3. The molecule has 1 rings (SSSR count). The van der Waals surface area contributed by atoms with Crippen molar-refractivity contribution in [1.82, 2.24) is 5.32 Å². The quantitative estimate of drug-likeness (QED) is 0.243. The number of amides is 1. The van der Waals surface area contributed by atoms with Crippen LogP contribution in [0.4, 0.5) is 0 Å². The average Bonchev–Trinajstić information content (AvgIpc) is 2.26. The van der Waals surface area contributed by atoms with Crippen LogP contribution in [-0.4, -0.2) is 19.0 Å². The van der Waals surface area contributed by atoms with E-state index in [1.54, 1.807) is 0 Å². The molecule has 0 radical (unpaired) electrons. The fourth-order valence-electron chi connectivity index (χ4n) is 1.62. The Kier molecular flexibility index (Phi) is 5.33. The Morgan fingerprint density at radius 2 is 2.47 bits per heavy atom. The van der Waals surface area contributed by atoms with Crippen LogP contribution in [0.3, 0.4) is 0 Å². The normalized spacial score (nSPS) is 15.1. The Morgan fingerprint density at radius 3 is 3.13 bits per heavy atom. The molecule has 0 aromatic carbocycles. The second-order valence-corrected chi connectivity index (χ2v) is 3.59. The van der Waals surface area contributed by atoms with Gasteiger partial charge in [-0.05, 0) is 31.2 Å². The third-order valence-electron chi connectivity index (χ3n) is 2.37. The summed E-state index contributed by atoms with van der Waals surface area (Å²) in [6, 6.07) is 0. The fraction of sp³-hybridized carbons (Fsp3) is 0.700. The molecule has 0 unspecified atom stereocenters. The zero-order chi connectivity index (χ0) is 10.9. The molecule has 1 N–H and O–H groups in total. The first kappa shape index (κ1) is 11.6. The molecule has 5 heteroatoms. The molecule has 0 aliphatic heterocycles. The van der Waals surface area contributed by atoms with Gasteiger partial charge in [-0.25, -0.2) is 0 Å². The number of hydrogen-bond acceptors (Lipinski definition) is 2. The largest absolute Gasteiger partial charge is 0.356 e. The Hall–Kier alpha value is -1.48. The number of carbonyl (C=O) groups excluding carboxylic acids is 1. The molecular weight excluding hydrogens is 192 g/mol. The van der Waals surface area contributed by atoms with Crippen molar-refractivity contribution in [2.24, 2.45) is 5.11 Å². The maximum atomic E-state index is 11.4.